The van der Waals surface area contributed by atoms with Crippen molar-refractivity contribution in [2.45, 2.75) is 51.2 Å². The highest BCUT2D eigenvalue weighted by atomic mass is 16.2. The van der Waals surface area contributed by atoms with Gasteiger partial charge in [0.25, 0.3) is 0 Å². The Morgan fingerprint density at radius 1 is 1.26 bits per heavy atom. The lowest BCUT2D eigenvalue weighted by molar-refractivity contribution is -0.156. The number of piperidine rings is 3. The largest absolute Gasteiger partial charge is 0.343 e. The molecule has 3 atom stereocenters. The molecule has 4 aliphatic heterocycles. The van der Waals surface area contributed by atoms with Crippen LogP contribution in [-0.4, -0.2) is 59.4 Å². The van der Waals surface area contributed by atoms with Crippen LogP contribution >= 0.6 is 0 Å². The van der Waals surface area contributed by atoms with Crippen LogP contribution in [0.2, 0.25) is 0 Å². The molecule has 3 unspecified atom stereocenters. The third-order valence-electron chi connectivity index (χ3n) is 4.99. The van der Waals surface area contributed by atoms with Crippen molar-refractivity contribution in [3.8, 4) is 0 Å². The minimum absolute atomic E-state index is 0.0195. The summed E-state index contributed by atoms with van der Waals surface area (Å²) >= 11 is 0. The van der Waals surface area contributed by atoms with Gasteiger partial charge < -0.3 is 15.1 Å². The topological polar surface area (TPSA) is 52.7 Å². The second-order valence-corrected chi connectivity index (χ2v) is 6.11. The maximum absolute atomic E-state index is 12.5. The van der Waals surface area contributed by atoms with Crippen molar-refractivity contribution in [2.75, 3.05) is 19.6 Å². The van der Waals surface area contributed by atoms with Crippen LogP contribution in [0.25, 0.3) is 0 Å². The van der Waals surface area contributed by atoms with Gasteiger partial charge in [0.05, 0.1) is 0 Å². The molecule has 106 valence electrons. The number of carbonyl (C=O) groups is 2. The zero-order chi connectivity index (χ0) is 13.6. The molecule has 2 bridgehead atoms. The van der Waals surface area contributed by atoms with Crippen molar-refractivity contribution >= 4 is 11.8 Å². The molecule has 2 amide bonds. The molecular formula is C14H23N3O2. The molecule has 0 aromatic rings. The number of amides is 2. The lowest BCUT2D eigenvalue weighted by atomic mass is 9.81. The first-order valence-electron chi connectivity index (χ1n) is 7.46. The van der Waals surface area contributed by atoms with E-state index in [-0.39, 0.29) is 29.9 Å². The van der Waals surface area contributed by atoms with Gasteiger partial charge in [-0.05, 0) is 45.2 Å². The van der Waals surface area contributed by atoms with Crippen LogP contribution in [0.3, 0.4) is 0 Å². The van der Waals surface area contributed by atoms with Gasteiger partial charge in [0.1, 0.15) is 12.1 Å². The molecule has 19 heavy (non-hydrogen) atoms. The smallest absolute Gasteiger partial charge is 0.245 e. The van der Waals surface area contributed by atoms with Gasteiger partial charge in [-0.3, -0.25) is 9.59 Å². The monoisotopic (exact) mass is 265 g/mol. The lowest BCUT2D eigenvalue weighted by Crippen LogP contribution is -2.69. The Morgan fingerprint density at radius 2 is 1.95 bits per heavy atom. The van der Waals surface area contributed by atoms with Gasteiger partial charge >= 0.3 is 0 Å². The summed E-state index contributed by atoms with van der Waals surface area (Å²) in [5.41, 5.74) is 0. The van der Waals surface area contributed by atoms with E-state index in [0.29, 0.717) is 12.3 Å². The fraction of sp³-hybridized carbons (Fsp3) is 0.857. The van der Waals surface area contributed by atoms with Crippen molar-refractivity contribution in [3.63, 3.8) is 0 Å². The van der Waals surface area contributed by atoms with E-state index in [1.807, 2.05) is 11.8 Å². The molecule has 4 fully saturated rings. The summed E-state index contributed by atoms with van der Waals surface area (Å²) in [4.78, 5) is 29.0. The Hall–Kier alpha value is -1.10. The summed E-state index contributed by atoms with van der Waals surface area (Å²) in [6.45, 7) is 7.04. The molecule has 4 rings (SSSR count). The fourth-order valence-corrected chi connectivity index (χ4v) is 3.90. The highest BCUT2D eigenvalue weighted by Gasteiger charge is 2.46. The first-order chi connectivity index (χ1) is 9.11. The molecule has 0 aromatic heterocycles. The molecule has 5 nitrogen and oxygen atoms in total. The SMILES string of the molecule is CCC1C(=O)NC(C)C(=O)N1C1CN2CCC1CC2. The number of piperazine rings is 1. The number of hydrogen-bond acceptors (Lipinski definition) is 3. The van der Waals surface area contributed by atoms with Crippen LogP contribution in [-0.2, 0) is 9.59 Å². The Labute approximate surface area is 114 Å². The minimum Gasteiger partial charge on any atom is -0.343 e. The molecule has 0 saturated carbocycles. The average molecular weight is 265 g/mol. The zero-order valence-electron chi connectivity index (χ0n) is 11.8. The molecule has 5 heteroatoms. The van der Waals surface area contributed by atoms with E-state index in [4.69, 9.17) is 0 Å². The summed E-state index contributed by atoms with van der Waals surface area (Å²) < 4.78 is 0. The molecule has 4 saturated heterocycles. The quantitative estimate of drug-likeness (QED) is 0.776. The van der Waals surface area contributed by atoms with E-state index < -0.39 is 0 Å². The Bertz CT molecular complexity index is 390. The second kappa shape index (κ2) is 4.78. The van der Waals surface area contributed by atoms with Crippen LogP contribution in [0.5, 0.6) is 0 Å². The zero-order valence-corrected chi connectivity index (χ0v) is 11.8. The van der Waals surface area contributed by atoms with Crippen LogP contribution in [0.15, 0.2) is 0 Å². The van der Waals surface area contributed by atoms with Gasteiger partial charge in [-0.25, -0.2) is 0 Å². The Kier molecular flexibility index (Phi) is 3.25. The molecule has 0 spiro atoms. The summed E-state index contributed by atoms with van der Waals surface area (Å²) in [5.74, 6) is 0.706. The summed E-state index contributed by atoms with van der Waals surface area (Å²) in [6.07, 6.45) is 3.04. The van der Waals surface area contributed by atoms with Gasteiger partial charge in [-0.2, -0.15) is 0 Å². The van der Waals surface area contributed by atoms with E-state index in [0.717, 1.165) is 19.6 Å². The summed E-state index contributed by atoms with van der Waals surface area (Å²) in [7, 11) is 0. The molecule has 0 aliphatic carbocycles. The summed E-state index contributed by atoms with van der Waals surface area (Å²) in [6, 6.07) is -0.395. The third-order valence-corrected chi connectivity index (χ3v) is 4.99. The van der Waals surface area contributed by atoms with Crippen LogP contribution in [0.1, 0.15) is 33.1 Å². The van der Waals surface area contributed by atoms with Crippen molar-refractivity contribution < 1.29 is 9.59 Å². The first-order valence-corrected chi connectivity index (χ1v) is 7.46. The molecule has 4 aliphatic rings. The van der Waals surface area contributed by atoms with Gasteiger partial charge in [-0.15, -0.1) is 0 Å². The highest BCUT2D eigenvalue weighted by Crippen LogP contribution is 2.33. The molecule has 4 heterocycles. The van der Waals surface area contributed by atoms with Crippen molar-refractivity contribution in [2.24, 2.45) is 5.92 Å². The van der Waals surface area contributed by atoms with Crippen LogP contribution in [0, 0.1) is 5.92 Å². The van der Waals surface area contributed by atoms with Crippen molar-refractivity contribution in [3.05, 3.63) is 0 Å². The maximum atomic E-state index is 12.5. The van der Waals surface area contributed by atoms with E-state index in [2.05, 4.69) is 10.2 Å². The number of hydrogen-bond donors (Lipinski definition) is 1. The number of carbonyl (C=O) groups excluding carboxylic acids is 2. The number of fused-ring (bicyclic) bond motifs is 3. The van der Waals surface area contributed by atoms with Gasteiger partial charge in [0.2, 0.25) is 11.8 Å². The highest BCUT2D eigenvalue weighted by molar-refractivity contribution is 5.96. The minimum atomic E-state index is -0.370. The maximum Gasteiger partial charge on any atom is 0.245 e. The van der Waals surface area contributed by atoms with Gasteiger partial charge in [0, 0.05) is 12.6 Å². The van der Waals surface area contributed by atoms with Crippen molar-refractivity contribution in [1.82, 2.24) is 15.1 Å². The van der Waals surface area contributed by atoms with Crippen molar-refractivity contribution in [1.29, 1.82) is 0 Å². The van der Waals surface area contributed by atoms with Gasteiger partial charge in [-0.1, -0.05) is 6.92 Å². The molecule has 0 aromatic carbocycles. The predicted molar refractivity (Wildman–Crippen MR) is 71.5 cm³/mol. The average Bonchev–Trinajstić information content (AvgIpc) is 2.43. The van der Waals surface area contributed by atoms with Gasteiger partial charge in [0.15, 0.2) is 0 Å². The van der Waals surface area contributed by atoms with Crippen LogP contribution in [0.4, 0.5) is 0 Å². The van der Waals surface area contributed by atoms with E-state index >= 15 is 0 Å². The molecule has 0 radical (unpaired) electrons. The van der Waals surface area contributed by atoms with Crippen LogP contribution < -0.4 is 5.32 Å². The second-order valence-electron chi connectivity index (χ2n) is 6.11. The number of nitrogens with zero attached hydrogens (tertiary/aromatic N) is 2. The number of nitrogens with one attached hydrogen (secondary N) is 1. The van der Waals surface area contributed by atoms with E-state index in [1.54, 1.807) is 6.92 Å². The standard InChI is InChI=1S/C14H23N3O2/c1-3-11-13(18)15-9(2)14(19)17(11)12-8-16-6-4-10(12)5-7-16/h9-12H,3-8H2,1-2H3,(H,15,18). The molecule has 1 N–H and O–H groups in total. The Balaban J connectivity index is 1.87. The lowest BCUT2D eigenvalue weighted by Gasteiger charge is -2.52. The summed E-state index contributed by atoms with van der Waals surface area (Å²) in [5, 5.41) is 2.80. The number of rotatable bonds is 2. The third kappa shape index (κ3) is 2.04. The molecular weight excluding hydrogens is 242 g/mol. The fourth-order valence-electron chi connectivity index (χ4n) is 3.90. The predicted octanol–water partition coefficient (Wildman–Crippen LogP) is 0.206. The van der Waals surface area contributed by atoms with E-state index in [1.165, 1.54) is 12.8 Å². The first kappa shape index (κ1) is 12.9. The Morgan fingerprint density at radius 3 is 2.47 bits per heavy atom. The van der Waals surface area contributed by atoms with E-state index in [9.17, 15) is 9.59 Å². The normalized spacial score (nSPS) is 42.4.